The fourth-order valence-corrected chi connectivity index (χ4v) is 2.67. The summed E-state index contributed by atoms with van der Waals surface area (Å²) in [7, 11) is 0. The lowest BCUT2D eigenvalue weighted by atomic mass is 10.0. The van der Waals surface area contributed by atoms with Crippen LogP contribution in [-0.2, 0) is 4.79 Å². The summed E-state index contributed by atoms with van der Waals surface area (Å²) in [6, 6.07) is 3.46. The SMILES string of the molecule is CC1C(C(=O)O)CCN1c1cc(C(N)=O)ccc1[N+](=O)[O-]. The fourth-order valence-electron chi connectivity index (χ4n) is 2.67. The van der Waals surface area contributed by atoms with Gasteiger partial charge in [0.25, 0.3) is 5.69 Å². The zero-order chi connectivity index (χ0) is 15.7. The summed E-state index contributed by atoms with van der Waals surface area (Å²) in [6.07, 6.45) is 0.397. The quantitative estimate of drug-likeness (QED) is 0.629. The number of carboxylic acids is 1. The first-order chi connectivity index (χ1) is 9.82. The Balaban J connectivity index is 2.46. The van der Waals surface area contributed by atoms with E-state index in [1.807, 2.05) is 0 Å². The predicted molar refractivity (Wildman–Crippen MR) is 74.2 cm³/mol. The Bertz CT molecular complexity index is 616. The third-order valence-electron chi connectivity index (χ3n) is 3.84. The van der Waals surface area contributed by atoms with Crippen LogP contribution in [0.2, 0.25) is 0 Å². The number of carbonyl (C=O) groups excluding carboxylic acids is 1. The van der Waals surface area contributed by atoms with Crippen LogP contribution in [0.5, 0.6) is 0 Å². The van der Waals surface area contributed by atoms with Crippen molar-refractivity contribution in [3.8, 4) is 0 Å². The van der Waals surface area contributed by atoms with E-state index in [9.17, 15) is 19.7 Å². The van der Waals surface area contributed by atoms with Crippen LogP contribution >= 0.6 is 0 Å². The predicted octanol–water partition coefficient (Wildman–Crippen LogP) is 0.993. The second-order valence-electron chi connectivity index (χ2n) is 4.99. The number of benzene rings is 1. The third kappa shape index (κ3) is 2.64. The molecule has 0 radical (unpaired) electrons. The first-order valence-corrected chi connectivity index (χ1v) is 6.40. The highest BCUT2D eigenvalue weighted by molar-refractivity contribution is 5.94. The number of nitrogens with zero attached hydrogens (tertiary/aromatic N) is 2. The second kappa shape index (κ2) is 5.39. The Labute approximate surface area is 120 Å². The summed E-state index contributed by atoms with van der Waals surface area (Å²) >= 11 is 0. The molecule has 0 bridgehead atoms. The van der Waals surface area contributed by atoms with E-state index in [0.29, 0.717) is 13.0 Å². The van der Waals surface area contributed by atoms with Gasteiger partial charge in [0.1, 0.15) is 5.69 Å². The van der Waals surface area contributed by atoms with E-state index in [1.165, 1.54) is 18.2 Å². The van der Waals surface area contributed by atoms with Gasteiger partial charge < -0.3 is 15.7 Å². The highest BCUT2D eigenvalue weighted by Crippen LogP contribution is 2.36. The van der Waals surface area contributed by atoms with Gasteiger partial charge >= 0.3 is 5.97 Å². The molecule has 1 aromatic carbocycles. The van der Waals surface area contributed by atoms with Gasteiger partial charge in [-0.2, -0.15) is 0 Å². The molecule has 2 rings (SSSR count). The zero-order valence-corrected chi connectivity index (χ0v) is 11.4. The van der Waals surface area contributed by atoms with Gasteiger partial charge in [-0.25, -0.2) is 0 Å². The molecule has 112 valence electrons. The Hall–Kier alpha value is -2.64. The average molecular weight is 293 g/mol. The van der Waals surface area contributed by atoms with Gasteiger partial charge in [-0.1, -0.05) is 0 Å². The van der Waals surface area contributed by atoms with Crippen molar-refractivity contribution in [1.82, 2.24) is 0 Å². The minimum absolute atomic E-state index is 0.154. The van der Waals surface area contributed by atoms with E-state index in [1.54, 1.807) is 11.8 Å². The maximum atomic E-state index is 11.2. The standard InChI is InChI=1S/C13H15N3O5/c1-7-9(13(18)19)4-5-15(7)11-6-8(12(14)17)2-3-10(11)16(20)21/h2-3,6-7,9H,4-5H2,1H3,(H2,14,17)(H,18,19). The monoisotopic (exact) mass is 293 g/mol. The number of rotatable bonds is 4. The van der Waals surface area contributed by atoms with Crippen LogP contribution in [-0.4, -0.2) is 34.5 Å². The zero-order valence-electron chi connectivity index (χ0n) is 11.4. The Morgan fingerprint density at radius 3 is 2.62 bits per heavy atom. The summed E-state index contributed by atoms with van der Waals surface area (Å²) in [5.41, 5.74) is 5.41. The topological polar surface area (TPSA) is 127 Å². The lowest BCUT2D eigenvalue weighted by Crippen LogP contribution is -2.33. The molecule has 3 N–H and O–H groups in total. The van der Waals surface area contributed by atoms with Crippen molar-refractivity contribution >= 4 is 23.3 Å². The minimum atomic E-state index is -0.932. The minimum Gasteiger partial charge on any atom is -0.481 e. The molecule has 0 spiro atoms. The van der Waals surface area contributed by atoms with E-state index in [-0.39, 0.29) is 16.9 Å². The van der Waals surface area contributed by atoms with Crippen molar-refractivity contribution in [2.45, 2.75) is 19.4 Å². The van der Waals surface area contributed by atoms with Gasteiger partial charge in [-0.3, -0.25) is 19.7 Å². The van der Waals surface area contributed by atoms with E-state index in [2.05, 4.69) is 0 Å². The summed E-state index contributed by atoms with van der Waals surface area (Å²) in [4.78, 5) is 34.6. The molecule has 0 saturated carbocycles. The highest BCUT2D eigenvalue weighted by Gasteiger charge is 2.38. The lowest BCUT2D eigenvalue weighted by Gasteiger charge is -2.25. The maximum absolute atomic E-state index is 11.2. The summed E-state index contributed by atoms with van der Waals surface area (Å²) in [5.74, 6) is -2.21. The average Bonchev–Trinajstić information content (AvgIpc) is 2.79. The Morgan fingerprint density at radius 1 is 1.48 bits per heavy atom. The number of hydrogen-bond donors (Lipinski definition) is 2. The Kier molecular flexibility index (Phi) is 3.79. The van der Waals surface area contributed by atoms with Crippen LogP contribution in [0.1, 0.15) is 23.7 Å². The first kappa shape index (κ1) is 14.8. The number of aliphatic carboxylic acids is 1. The smallest absolute Gasteiger partial charge is 0.308 e. The van der Waals surface area contributed by atoms with Crippen molar-refractivity contribution < 1.29 is 19.6 Å². The van der Waals surface area contributed by atoms with E-state index >= 15 is 0 Å². The Morgan fingerprint density at radius 2 is 2.14 bits per heavy atom. The molecule has 1 heterocycles. The summed E-state index contributed by atoms with van der Waals surface area (Å²) in [5, 5.41) is 20.3. The molecular weight excluding hydrogens is 278 g/mol. The highest BCUT2D eigenvalue weighted by atomic mass is 16.6. The number of anilines is 1. The molecule has 1 aliphatic rings. The molecule has 2 unspecified atom stereocenters. The van der Waals surface area contributed by atoms with E-state index in [0.717, 1.165) is 0 Å². The van der Waals surface area contributed by atoms with Crippen LogP contribution in [0.3, 0.4) is 0 Å². The van der Waals surface area contributed by atoms with Gasteiger partial charge in [0, 0.05) is 24.2 Å². The molecule has 1 amide bonds. The number of nitrogens with two attached hydrogens (primary N) is 1. The first-order valence-electron chi connectivity index (χ1n) is 6.40. The number of nitro groups is 1. The second-order valence-corrected chi connectivity index (χ2v) is 4.99. The van der Waals surface area contributed by atoms with Crippen molar-refractivity contribution in [2.24, 2.45) is 11.7 Å². The number of carboxylic acid groups (broad SMARTS) is 1. The third-order valence-corrected chi connectivity index (χ3v) is 3.84. The number of hydrogen-bond acceptors (Lipinski definition) is 5. The molecule has 2 atom stereocenters. The van der Waals surface area contributed by atoms with Gasteiger partial charge in [0.15, 0.2) is 0 Å². The lowest BCUT2D eigenvalue weighted by molar-refractivity contribution is -0.384. The normalized spacial score (nSPS) is 21.3. The van der Waals surface area contributed by atoms with Crippen LogP contribution in [0.25, 0.3) is 0 Å². The van der Waals surface area contributed by atoms with Crippen LogP contribution in [0, 0.1) is 16.0 Å². The number of amides is 1. The van der Waals surface area contributed by atoms with Crippen LogP contribution in [0.15, 0.2) is 18.2 Å². The van der Waals surface area contributed by atoms with Crippen molar-refractivity contribution in [1.29, 1.82) is 0 Å². The van der Waals surface area contributed by atoms with Gasteiger partial charge in [0.05, 0.1) is 10.8 Å². The molecule has 1 aliphatic heterocycles. The van der Waals surface area contributed by atoms with Crippen LogP contribution in [0.4, 0.5) is 11.4 Å². The molecule has 1 aromatic rings. The van der Waals surface area contributed by atoms with Crippen molar-refractivity contribution in [3.63, 3.8) is 0 Å². The maximum Gasteiger partial charge on any atom is 0.308 e. The molecule has 0 aromatic heterocycles. The van der Waals surface area contributed by atoms with Crippen LogP contribution < -0.4 is 10.6 Å². The molecule has 8 nitrogen and oxygen atoms in total. The number of carbonyl (C=O) groups is 2. The van der Waals surface area contributed by atoms with Gasteiger partial charge in [0.2, 0.25) is 5.91 Å². The number of primary amides is 1. The molecule has 8 heteroatoms. The molecular formula is C13H15N3O5. The van der Waals surface area contributed by atoms with Crippen molar-refractivity contribution in [2.75, 3.05) is 11.4 Å². The summed E-state index contributed by atoms with van der Waals surface area (Å²) in [6.45, 7) is 2.08. The molecule has 1 saturated heterocycles. The van der Waals surface area contributed by atoms with E-state index in [4.69, 9.17) is 10.8 Å². The number of nitro benzene ring substituents is 1. The fraction of sp³-hybridized carbons (Fsp3) is 0.385. The van der Waals surface area contributed by atoms with Crippen molar-refractivity contribution in [3.05, 3.63) is 33.9 Å². The summed E-state index contributed by atoms with van der Waals surface area (Å²) < 4.78 is 0. The molecule has 1 fully saturated rings. The van der Waals surface area contributed by atoms with E-state index < -0.39 is 28.8 Å². The molecule has 21 heavy (non-hydrogen) atoms. The van der Waals surface area contributed by atoms with Gasteiger partial charge in [-0.15, -0.1) is 0 Å². The largest absolute Gasteiger partial charge is 0.481 e. The van der Waals surface area contributed by atoms with Gasteiger partial charge in [-0.05, 0) is 25.5 Å². The molecule has 0 aliphatic carbocycles.